The maximum absolute atomic E-state index is 14.7. The number of pyridine rings is 2. The van der Waals surface area contributed by atoms with Crippen LogP contribution >= 0.6 is 0 Å². The number of methoxy groups -OCH3 is 1. The summed E-state index contributed by atoms with van der Waals surface area (Å²) >= 11 is 0. The Labute approximate surface area is 187 Å². The number of ether oxygens (including phenoxy) is 2. The molecule has 10 heteroatoms. The molecule has 1 aromatic carbocycles. The quantitative estimate of drug-likeness (QED) is 0.607. The highest BCUT2D eigenvalue weighted by Gasteiger charge is 2.32. The number of benzene rings is 1. The molecule has 0 radical (unpaired) electrons. The molecule has 1 atom stereocenters. The highest BCUT2D eigenvalue weighted by Crippen LogP contribution is 2.34. The molecule has 1 saturated heterocycles. The molecule has 33 heavy (non-hydrogen) atoms. The number of aromatic hydroxyl groups is 1. The van der Waals surface area contributed by atoms with E-state index in [0.29, 0.717) is 24.8 Å². The summed E-state index contributed by atoms with van der Waals surface area (Å²) in [5, 5.41) is 10.3. The molecule has 1 amide bonds. The fourth-order valence-corrected chi connectivity index (χ4v) is 3.66. The van der Waals surface area contributed by atoms with E-state index < -0.39 is 52.3 Å². The number of hydrogen-bond acceptors (Lipinski definition) is 6. The molecular weight excluding hydrogens is 439 g/mol. The topological polar surface area (TPSA) is 84.8 Å². The third-order valence-corrected chi connectivity index (χ3v) is 5.23. The van der Waals surface area contributed by atoms with Crippen LogP contribution in [-0.2, 0) is 4.74 Å². The molecule has 4 rings (SSSR count). The van der Waals surface area contributed by atoms with Crippen LogP contribution in [0, 0.1) is 17.5 Å². The number of aromatic nitrogens is 2. The lowest BCUT2D eigenvalue weighted by atomic mass is 10.1. The van der Waals surface area contributed by atoms with Crippen LogP contribution in [0.2, 0.25) is 0 Å². The van der Waals surface area contributed by atoms with E-state index in [-0.39, 0.29) is 5.75 Å². The zero-order valence-electron chi connectivity index (χ0n) is 17.6. The van der Waals surface area contributed by atoms with E-state index in [9.17, 15) is 23.1 Å². The monoisotopic (exact) mass is 459 g/mol. The molecule has 2 aromatic heterocycles. The van der Waals surface area contributed by atoms with E-state index in [1.54, 1.807) is 12.1 Å². The maximum atomic E-state index is 14.7. The summed E-state index contributed by atoms with van der Waals surface area (Å²) in [5.74, 6) is -5.19. The fraction of sp³-hybridized carbons (Fsp3) is 0.261. The largest absolute Gasteiger partial charge is 0.505 e. The van der Waals surface area contributed by atoms with Crippen LogP contribution in [0.15, 0.2) is 42.7 Å². The van der Waals surface area contributed by atoms with Gasteiger partial charge in [-0.25, -0.2) is 18.2 Å². The number of nitrogens with zero attached hydrogens (tertiary/aromatic N) is 3. The molecule has 3 aromatic rings. The van der Waals surface area contributed by atoms with Crippen molar-refractivity contribution in [2.75, 3.05) is 18.6 Å². The molecule has 1 unspecified atom stereocenters. The van der Waals surface area contributed by atoms with Crippen molar-refractivity contribution < 1.29 is 32.5 Å². The second kappa shape index (κ2) is 9.45. The van der Waals surface area contributed by atoms with Gasteiger partial charge in [0.1, 0.15) is 35.1 Å². The average Bonchev–Trinajstić information content (AvgIpc) is 2.81. The number of carbonyl (C=O) groups excluding carboxylic acids is 1. The summed E-state index contributed by atoms with van der Waals surface area (Å²) in [6.07, 6.45) is 4.41. The fourth-order valence-electron chi connectivity index (χ4n) is 3.66. The number of carbonyl (C=O) groups is 1. The lowest BCUT2D eigenvalue weighted by molar-refractivity contribution is 0.0142. The second-order valence-electron chi connectivity index (χ2n) is 7.36. The molecule has 0 aliphatic carbocycles. The predicted molar refractivity (Wildman–Crippen MR) is 112 cm³/mol. The van der Waals surface area contributed by atoms with E-state index >= 15 is 0 Å². The van der Waals surface area contributed by atoms with Crippen LogP contribution in [0.4, 0.5) is 18.9 Å². The van der Waals surface area contributed by atoms with Crippen molar-refractivity contribution in [3.05, 3.63) is 65.9 Å². The molecule has 1 N–H and O–H groups in total. The Morgan fingerprint density at radius 2 is 1.94 bits per heavy atom. The smallest absolute Gasteiger partial charge is 0.282 e. The zero-order valence-corrected chi connectivity index (χ0v) is 17.6. The number of anilines is 1. The number of halogens is 3. The molecule has 3 heterocycles. The second-order valence-corrected chi connectivity index (χ2v) is 7.36. The van der Waals surface area contributed by atoms with Gasteiger partial charge in [0, 0.05) is 31.0 Å². The van der Waals surface area contributed by atoms with E-state index in [4.69, 9.17) is 9.47 Å². The first-order valence-corrected chi connectivity index (χ1v) is 10.2. The normalized spacial score (nSPS) is 15.8. The zero-order chi connectivity index (χ0) is 23.5. The van der Waals surface area contributed by atoms with Crippen molar-refractivity contribution in [3.63, 3.8) is 0 Å². The van der Waals surface area contributed by atoms with Gasteiger partial charge in [0.05, 0.1) is 24.6 Å². The van der Waals surface area contributed by atoms with E-state index in [0.717, 1.165) is 25.0 Å². The summed E-state index contributed by atoms with van der Waals surface area (Å²) in [5.41, 5.74) is -1.77. The van der Waals surface area contributed by atoms with E-state index in [1.165, 1.54) is 24.4 Å². The third kappa shape index (κ3) is 4.47. The lowest BCUT2D eigenvalue weighted by Crippen LogP contribution is -2.44. The molecule has 0 saturated carbocycles. The summed E-state index contributed by atoms with van der Waals surface area (Å²) < 4.78 is 54.4. The van der Waals surface area contributed by atoms with Gasteiger partial charge >= 0.3 is 0 Å². The van der Waals surface area contributed by atoms with Crippen LogP contribution in [0.1, 0.15) is 29.8 Å². The Morgan fingerprint density at radius 1 is 1.18 bits per heavy atom. The Bertz CT molecular complexity index is 1150. The van der Waals surface area contributed by atoms with Crippen LogP contribution in [-0.4, -0.2) is 40.9 Å². The van der Waals surface area contributed by atoms with Gasteiger partial charge in [-0.15, -0.1) is 0 Å². The van der Waals surface area contributed by atoms with Crippen molar-refractivity contribution in [1.82, 2.24) is 9.97 Å². The first kappa shape index (κ1) is 22.5. The summed E-state index contributed by atoms with van der Waals surface area (Å²) in [6.45, 7) is 0.422. The van der Waals surface area contributed by atoms with Crippen LogP contribution < -0.4 is 9.64 Å². The van der Waals surface area contributed by atoms with Gasteiger partial charge in [-0.2, -0.15) is 0 Å². The van der Waals surface area contributed by atoms with Gasteiger partial charge in [-0.1, -0.05) is 0 Å². The van der Waals surface area contributed by atoms with Gasteiger partial charge < -0.3 is 14.6 Å². The first-order valence-electron chi connectivity index (χ1n) is 10.2. The van der Waals surface area contributed by atoms with E-state index in [2.05, 4.69) is 9.97 Å². The summed E-state index contributed by atoms with van der Waals surface area (Å²) in [6, 6.07) is 5.57. The number of hydrogen-bond donors (Lipinski definition) is 1. The molecule has 7 nitrogen and oxygen atoms in total. The molecule has 1 fully saturated rings. The molecule has 0 spiro atoms. The van der Waals surface area contributed by atoms with Gasteiger partial charge in [0.15, 0.2) is 11.5 Å². The van der Waals surface area contributed by atoms with E-state index in [1.807, 2.05) is 0 Å². The van der Waals surface area contributed by atoms with Gasteiger partial charge in [-0.05, 0) is 31.4 Å². The Kier molecular flexibility index (Phi) is 6.45. The Morgan fingerprint density at radius 3 is 2.55 bits per heavy atom. The predicted octanol–water partition coefficient (Wildman–Crippen LogP) is 4.45. The van der Waals surface area contributed by atoms with Crippen molar-refractivity contribution in [2.24, 2.45) is 0 Å². The van der Waals surface area contributed by atoms with Crippen molar-refractivity contribution in [2.45, 2.75) is 25.5 Å². The summed E-state index contributed by atoms with van der Waals surface area (Å²) in [7, 11) is 1.23. The third-order valence-electron chi connectivity index (χ3n) is 5.23. The molecular formula is C23H20F3N3O4. The Balaban J connectivity index is 1.82. The minimum Gasteiger partial charge on any atom is -0.505 e. The van der Waals surface area contributed by atoms with Crippen molar-refractivity contribution >= 4 is 11.6 Å². The minimum absolute atomic E-state index is 0.110. The number of amides is 1. The molecule has 1 aliphatic heterocycles. The van der Waals surface area contributed by atoms with Crippen LogP contribution in [0.25, 0.3) is 11.3 Å². The minimum atomic E-state index is -1.20. The van der Waals surface area contributed by atoms with Gasteiger partial charge in [0.2, 0.25) is 0 Å². The summed E-state index contributed by atoms with van der Waals surface area (Å²) in [4.78, 5) is 22.6. The van der Waals surface area contributed by atoms with Gasteiger partial charge in [0.25, 0.3) is 5.91 Å². The number of rotatable bonds is 5. The van der Waals surface area contributed by atoms with Crippen molar-refractivity contribution in [1.29, 1.82) is 0 Å². The first-order chi connectivity index (χ1) is 15.9. The SMILES string of the molecule is COc1cc(F)c(-c2nc(C(=O)N(c3cccnc3)C3CCCCO3)c(O)cc2F)c(F)c1. The molecule has 0 bridgehead atoms. The van der Waals surface area contributed by atoms with Gasteiger partial charge in [-0.3, -0.25) is 14.7 Å². The maximum Gasteiger partial charge on any atom is 0.282 e. The average molecular weight is 459 g/mol. The van der Waals surface area contributed by atoms with Crippen LogP contribution in [0.3, 0.4) is 0 Å². The Hall–Kier alpha value is -3.66. The lowest BCUT2D eigenvalue weighted by Gasteiger charge is -2.33. The molecule has 1 aliphatic rings. The van der Waals surface area contributed by atoms with Crippen molar-refractivity contribution in [3.8, 4) is 22.8 Å². The molecule has 172 valence electrons. The standard InChI is InChI=1S/C23H20F3N3O4/c1-32-14-9-15(24)20(16(25)10-14)21-17(26)11-18(30)22(28-21)23(31)29(13-5-4-7-27-12-13)19-6-2-3-8-33-19/h4-5,7,9-12,19,30H,2-3,6,8H2,1H3. The van der Waals surface area contributed by atoms with Crippen LogP contribution in [0.5, 0.6) is 11.5 Å². The highest BCUT2D eigenvalue weighted by atomic mass is 19.1. The highest BCUT2D eigenvalue weighted by molar-refractivity contribution is 6.07.